The first-order valence-electron chi connectivity index (χ1n) is 29.4. The zero-order valence-corrected chi connectivity index (χ0v) is 24.4. The molecular formula is C48H30O. The van der Waals surface area contributed by atoms with Gasteiger partial charge in [-0.2, -0.15) is 0 Å². The Morgan fingerprint density at radius 1 is 0.327 bits per heavy atom. The monoisotopic (exact) mass is 652 g/mol. The smallest absolute Gasteiger partial charge is 0.143 e. The Kier molecular flexibility index (Phi) is 2.50. The molecule has 0 spiro atoms. The molecule has 0 bridgehead atoms. The van der Waals surface area contributed by atoms with E-state index in [0.29, 0.717) is 0 Å². The molecule has 1 heterocycles. The molecular weight excluding hydrogens is 593 g/mol. The van der Waals surface area contributed by atoms with Crippen molar-refractivity contribution >= 4 is 54.3 Å². The summed E-state index contributed by atoms with van der Waals surface area (Å²) in [5.74, 6) is 0. The van der Waals surface area contributed by atoms with Crippen LogP contribution >= 0.6 is 0 Å². The van der Waals surface area contributed by atoms with Gasteiger partial charge in [0.05, 0.1) is 41.1 Å². The summed E-state index contributed by atoms with van der Waals surface area (Å²) in [5, 5.41) is -5.81. The maximum Gasteiger partial charge on any atom is 0.143 e. The number of fused-ring (bicyclic) bond motifs is 6. The minimum atomic E-state index is -1.11. The zero-order valence-electron chi connectivity index (χ0n) is 54.4. The quantitative estimate of drug-likeness (QED) is 0.172. The van der Waals surface area contributed by atoms with E-state index in [9.17, 15) is 13.7 Å². The Morgan fingerprint density at radius 3 is 1.51 bits per heavy atom. The van der Waals surface area contributed by atoms with Crippen LogP contribution in [0.25, 0.3) is 98.8 Å². The van der Waals surface area contributed by atoms with Crippen molar-refractivity contribution in [2.24, 2.45) is 0 Å². The van der Waals surface area contributed by atoms with Gasteiger partial charge in [-0.25, -0.2) is 0 Å². The molecule has 1 aromatic heterocycles. The Morgan fingerprint density at radius 2 is 0.837 bits per heavy atom. The second-order valence-corrected chi connectivity index (χ2v) is 10.5. The van der Waals surface area contributed by atoms with Crippen molar-refractivity contribution in [3.05, 3.63) is 181 Å². The van der Waals surface area contributed by atoms with Crippen molar-refractivity contribution in [2.75, 3.05) is 0 Å². The highest BCUT2D eigenvalue weighted by Crippen LogP contribution is 2.47. The predicted octanol–water partition coefficient (Wildman–Crippen LogP) is 13.7. The van der Waals surface area contributed by atoms with Gasteiger partial charge >= 0.3 is 0 Å². The Labute approximate surface area is 326 Å². The zero-order chi connectivity index (χ0) is 58.4. The minimum Gasteiger partial charge on any atom is -0.455 e. The average Bonchev–Trinajstić information content (AvgIpc) is 4.08. The molecule has 228 valence electrons. The van der Waals surface area contributed by atoms with Crippen LogP contribution in [0, 0.1) is 0 Å². The predicted molar refractivity (Wildman–Crippen MR) is 208 cm³/mol. The fraction of sp³-hybridized carbons (Fsp3) is 0. The van der Waals surface area contributed by atoms with E-state index in [1.807, 2.05) is 0 Å². The van der Waals surface area contributed by atoms with Crippen LogP contribution in [0.15, 0.2) is 186 Å². The number of rotatable bonds is 4. The number of furan rings is 1. The lowest BCUT2D eigenvalue weighted by Gasteiger charge is -2.18. The van der Waals surface area contributed by atoms with Gasteiger partial charge < -0.3 is 4.42 Å². The van der Waals surface area contributed by atoms with Gasteiger partial charge in [-0.15, -0.1) is 0 Å². The van der Waals surface area contributed by atoms with Crippen molar-refractivity contribution in [2.45, 2.75) is 0 Å². The minimum absolute atomic E-state index is 0.568. The van der Waals surface area contributed by atoms with Gasteiger partial charge in [-0.3, -0.25) is 0 Å². The summed E-state index contributed by atoms with van der Waals surface area (Å²) in [6.07, 6.45) is 0. The van der Waals surface area contributed by atoms with E-state index in [1.54, 1.807) is 0 Å². The van der Waals surface area contributed by atoms with E-state index in [-0.39, 0.29) is 0 Å². The van der Waals surface area contributed by atoms with Gasteiger partial charge in [0.1, 0.15) is 11.2 Å². The molecule has 10 aromatic rings. The van der Waals surface area contributed by atoms with Gasteiger partial charge in [0.15, 0.2) is 0 Å². The number of hydrogen-bond donors (Lipinski definition) is 0. The van der Waals surface area contributed by atoms with Gasteiger partial charge in [-0.05, 0) is 101 Å². The average molecular weight is 653 g/mol. The fourth-order valence-electron chi connectivity index (χ4n) is 5.75. The molecule has 0 unspecified atom stereocenters. The standard InChI is InChI=1S/C48H30O/c1-3-14-32(15-4-1)42-29-37(47-40-21-11-9-19-38(40)46(33-16-5-2-6-17-33)39-20-10-12-22-41(39)47)30-44-43-28-36(25-26-45(43)49-48(42)44)35-24-23-31-13-7-8-18-34(31)27-35/h1-30H/i1D,2D,3D,4D,5D,6D,7D,8D,9D,10D,11D,12D,13D,14D,15D,16D,17D,18D,19D,20D,21D,22D,23D,24D,25D,26D,27D,28D,29D,30D. The second-order valence-electron chi connectivity index (χ2n) is 10.5. The summed E-state index contributed by atoms with van der Waals surface area (Å²) in [6.45, 7) is 0. The number of benzene rings is 9. The molecule has 10 rings (SSSR count). The first kappa shape index (κ1) is 11.1. The lowest BCUT2D eigenvalue weighted by molar-refractivity contribution is 0.670. The summed E-state index contributed by atoms with van der Waals surface area (Å²) in [5.41, 5.74) is -8.22. The van der Waals surface area contributed by atoms with Crippen molar-refractivity contribution < 1.29 is 45.5 Å². The van der Waals surface area contributed by atoms with E-state index < -0.39 is 280 Å². The topological polar surface area (TPSA) is 13.1 Å². The van der Waals surface area contributed by atoms with Crippen LogP contribution in [0.5, 0.6) is 0 Å². The molecule has 0 amide bonds. The molecule has 1 heteroatoms. The van der Waals surface area contributed by atoms with Crippen molar-refractivity contribution in [3.63, 3.8) is 0 Å². The first-order chi connectivity index (χ1) is 36.8. The lowest BCUT2D eigenvalue weighted by atomic mass is 9.85. The SMILES string of the molecule is [2H]c1c([2H])c([2H])c(-c2c([2H])c(-c3c4c([2H])c([2H])c([2H])c([2H])c4c(-c4c([2H])c([2H])c([2H])c([2H])c4[2H])c4c([2H])c([2H])c([2H])c([2H])c34)c([2H])c3c2oc2c([2H])c([2H])c(-c4c([2H])c([2H])c5c([2H])c([2H])c([2H])c([2H])c5c4[2H])c([2H])c23)c([2H])c1[2H]. The molecule has 0 aliphatic heterocycles. The Balaban J connectivity index is 1.56. The van der Waals surface area contributed by atoms with E-state index in [1.165, 1.54) is 0 Å². The Bertz CT molecular complexity index is 4460. The largest absolute Gasteiger partial charge is 0.455 e. The molecule has 0 saturated heterocycles. The van der Waals surface area contributed by atoms with Crippen LogP contribution in [0.4, 0.5) is 0 Å². The fourth-order valence-corrected chi connectivity index (χ4v) is 5.75. The Hall–Kier alpha value is -6.44. The highest BCUT2D eigenvalue weighted by molar-refractivity contribution is 6.23. The highest BCUT2D eigenvalue weighted by atomic mass is 16.3. The molecule has 0 saturated carbocycles. The van der Waals surface area contributed by atoms with E-state index in [0.717, 1.165) is 0 Å². The second kappa shape index (κ2) is 11.1. The maximum atomic E-state index is 10.2. The van der Waals surface area contributed by atoms with Gasteiger partial charge in [0, 0.05) is 16.3 Å². The summed E-state index contributed by atoms with van der Waals surface area (Å²) < 4.78 is 277. The molecule has 9 aromatic carbocycles. The molecule has 1 nitrogen and oxygen atoms in total. The van der Waals surface area contributed by atoms with Crippen LogP contribution in [0.2, 0.25) is 0 Å². The van der Waals surface area contributed by atoms with Gasteiger partial charge in [0.2, 0.25) is 0 Å². The van der Waals surface area contributed by atoms with E-state index in [4.69, 9.17) is 31.8 Å². The summed E-state index contributed by atoms with van der Waals surface area (Å²) in [6, 6.07) is -29.3. The summed E-state index contributed by atoms with van der Waals surface area (Å²) in [4.78, 5) is 0. The van der Waals surface area contributed by atoms with Crippen LogP contribution in [-0.4, -0.2) is 0 Å². The van der Waals surface area contributed by atoms with Crippen molar-refractivity contribution in [3.8, 4) is 44.5 Å². The van der Waals surface area contributed by atoms with Gasteiger partial charge in [-0.1, -0.05) is 151 Å². The maximum absolute atomic E-state index is 10.2. The normalized spacial score (nSPS) is 20.2. The third kappa shape index (κ3) is 4.47. The van der Waals surface area contributed by atoms with E-state index in [2.05, 4.69) is 0 Å². The van der Waals surface area contributed by atoms with Crippen LogP contribution in [0.3, 0.4) is 0 Å². The van der Waals surface area contributed by atoms with Gasteiger partial charge in [0.25, 0.3) is 0 Å². The summed E-state index contributed by atoms with van der Waals surface area (Å²) in [7, 11) is 0. The lowest BCUT2D eigenvalue weighted by Crippen LogP contribution is -1.91. The van der Waals surface area contributed by atoms with Crippen LogP contribution in [0.1, 0.15) is 41.1 Å². The molecule has 0 fully saturated rings. The molecule has 0 atom stereocenters. The molecule has 0 aliphatic rings. The number of hydrogen-bond acceptors (Lipinski definition) is 1. The van der Waals surface area contributed by atoms with Crippen molar-refractivity contribution in [1.29, 1.82) is 0 Å². The molecule has 49 heavy (non-hydrogen) atoms. The summed E-state index contributed by atoms with van der Waals surface area (Å²) >= 11 is 0. The van der Waals surface area contributed by atoms with Crippen LogP contribution in [-0.2, 0) is 0 Å². The molecule has 0 radical (unpaired) electrons. The third-order valence-electron chi connectivity index (χ3n) is 7.81. The highest BCUT2D eigenvalue weighted by Gasteiger charge is 2.20. The third-order valence-corrected chi connectivity index (χ3v) is 7.81. The van der Waals surface area contributed by atoms with Crippen LogP contribution < -0.4 is 0 Å². The molecule has 0 aliphatic carbocycles. The van der Waals surface area contributed by atoms with E-state index >= 15 is 0 Å². The molecule has 0 N–H and O–H groups in total. The van der Waals surface area contributed by atoms with Crippen molar-refractivity contribution in [1.82, 2.24) is 0 Å². The first-order valence-corrected chi connectivity index (χ1v) is 14.4.